The van der Waals surface area contributed by atoms with Gasteiger partial charge in [-0.05, 0) is 33.3 Å². The van der Waals surface area contributed by atoms with Crippen LogP contribution < -0.4 is 10.6 Å². The molecular weight excluding hydrogens is 257 g/mol. The van der Waals surface area contributed by atoms with Crippen LogP contribution in [-0.2, 0) is 0 Å². The molecule has 0 fully saturated rings. The summed E-state index contributed by atoms with van der Waals surface area (Å²) in [5, 5.41) is 7.50. The Morgan fingerprint density at radius 1 is 1.18 bits per heavy atom. The molecule has 0 aromatic carbocycles. The fraction of sp³-hybridized carbons (Fsp3) is 0.583. The highest BCUT2D eigenvalue weighted by atomic mass is 35.5. The molecule has 96 valence electrons. The molecule has 0 aliphatic rings. The average molecular weight is 276 g/mol. The van der Waals surface area contributed by atoms with E-state index in [0.717, 1.165) is 13.0 Å². The second-order valence-corrected chi connectivity index (χ2v) is 5.36. The second-order valence-electron chi connectivity index (χ2n) is 4.54. The molecule has 0 saturated heterocycles. The number of halogens is 2. The Kier molecular flexibility index (Phi) is 4.90. The summed E-state index contributed by atoms with van der Waals surface area (Å²) in [7, 11) is 0. The first-order valence-corrected chi connectivity index (χ1v) is 6.53. The van der Waals surface area contributed by atoms with Crippen molar-refractivity contribution in [2.24, 2.45) is 0 Å². The molecule has 0 saturated carbocycles. The largest absolute Gasteiger partial charge is 0.369 e. The average Bonchev–Trinajstić information content (AvgIpc) is 2.25. The molecule has 0 aliphatic carbocycles. The van der Waals surface area contributed by atoms with E-state index >= 15 is 0 Å². The SMILES string of the molecule is CCNc1nc(NC(C)(C)CC)c(Cl)cc1Cl. The standard InChI is InChI=1S/C12H19Cl2N3/c1-5-12(3,4)17-11-9(14)7-8(13)10(16-11)15-6-2/h7H,5-6H2,1-4H3,(H2,15,16,17). The number of rotatable bonds is 5. The summed E-state index contributed by atoms with van der Waals surface area (Å²) in [6.07, 6.45) is 0.976. The van der Waals surface area contributed by atoms with Gasteiger partial charge in [-0.1, -0.05) is 30.1 Å². The van der Waals surface area contributed by atoms with Crippen LogP contribution in [0.5, 0.6) is 0 Å². The Morgan fingerprint density at radius 3 is 2.29 bits per heavy atom. The Bertz CT molecular complexity index is 392. The van der Waals surface area contributed by atoms with Crippen LogP contribution in [0.25, 0.3) is 0 Å². The predicted molar refractivity (Wildman–Crippen MR) is 76.4 cm³/mol. The number of nitrogens with zero attached hydrogens (tertiary/aromatic N) is 1. The number of aromatic nitrogens is 1. The molecule has 17 heavy (non-hydrogen) atoms. The van der Waals surface area contributed by atoms with Gasteiger partial charge in [-0.25, -0.2) is 4.98 Å². The van der Waals surface area contributed by atoms with Gasteiger partial charge in [0.15, 0.2) is 0 Å². The minimum absolute atomic E-state index is 0.0477. The van der Waals surface area contributed by atoms with E-state index < -0.39 is 0 Å². The number of anilines is 2. The van der Waals surface area contributed by atoms with Crippen molar-refractivity contribution in [1.82, 2.24) is 4.98 Å². The number of nitrogens with one attached hydrogen (secondary N) is 2. The van der Waals surface area contributed by atoms with Gasteiger partial charge in [0.2, 0.25) is 0 Å². The van der Waals surface area contributed by atoms with Gasteiger partial charge in [-0.15, -0.1) is 0 Å². The topological polar surface area (TPSA) is 37.0 Å². The summed E-state index contributed by atoms with van der Waals surface area (Å²) in [5.41, 5.74) is -0.0477. The summed E-state index contributed by atoms with van der Waals surface area (Å²) in [6, 6.07) is 1.71. The predicted octanol–water partition coefficient (Wildman–Crippen LogP) is 4.42. The molecule has 2 N–H and O–H groups in total. The van der Waals surface area contributed by atoms with E-state index in [1.54, 1.807) is 6.07 Å². The lowest BCUT2D eigenvalue weighted by Crippen LogP contribution is -2.30. The molecule has 1 heterocycles. The van der Waals surface area contributed by atoms with Gasteiger partial charge in [0, 0.05) is 12.1 Å². The van der Waals surface area contributed by atoms with Crippen molar-refractivity contribution in [2.45, 2.75) is 39.7 Å². The van der Waals surface area contributed by atoms with Gasteiger partial charge >= 0.3 is 0 Å². The number of hydrogen-bond acceptors (Lipinski definition) is 3. The fourth-order valence-corrected chi connectivity index (χ4v) is 1.73. The van der Waals surface area contributed by atoms with E-state index in [9.17, 15) is 0 Å². The summed E-state index contributed by atoms with van der Waals surface area (Å²) in [6.45, 7) is 9.09. The Morgan fingerprint density at radius 2 is 1.76 bits per heavy atom. The van der Waals surface area contributed by atoms with Crippen molar-refractivity contribution in [1.29, 1.82) is 0 Å². The van der Waals surface area contributed by atoms with Crippen molar-refractivity contribution in [2.75, 3.05) is 17.2 Å². The molecule has 0 spiro atoms. The van der Waals surface area contributed by atoms with Crippen molar-refractivity contribution < 1.29 is 0 Å². The van der Waals surface area contributed by atoms with Crippen LogP contribution in [0.15, 0.2) is 6.07 Å². The first kappa shape index (κ1) is 14.4. The highest BCUT2D eigenvalue weighted by molar-refractivity contribution is 6.37. The molecule has 0 unspecified atom stereocenters. The molecule has 1 aromatic heterocycles. The van der Waals surface area contributed by atoms with Crippen LogP contribution in [0.2, 0.25) is 10.0 Å². The van der Waals surface area contributed by atoms with Crippen LogP contribution in [-0.4, -0.2) is 17.1 Å². The van der Waals surface area contributed by atoms with Crippen molar-refractivity contribution in [3.63, 3.8) is 0 Å². The lowest BCUT2D eigenvalue weighted by atomic mass is 10.0. The van der Waals surface area contributed by atoms with Gasteiger partial charge in [-0.3, -0.25) is 0 Å². The lowest BCUT2D eigenvalue weighted by molar-refractivity contribution is 0.545. The van der Waals surface area contributed by atoms with Gasteiger partial charge in [-0.2, -0.15) is 0 Å². The monoisotopic (exact) mass is 275 g/mol. The third-order valence-corrected chi connectivity index (χ3v) is 3.19. The maximum atomic E-state index is 6.13. The van der Waals surface area contributed by atoms with Crippen molar-refractivity contribution in [3.05, 3.63) is 16.1 Å². The molecule has 0 amide bonds. The minimum atomic E-state index is -0.0477. The molecule has 0 radical (unpaired) electrons. The molecule has 5 heteroatoms. The Balaban J connectivity index is 3.03. The maximum absolute atomic E-state index is 6.13. The quantitative estimate of drug-likeness (QED) is 0.835. The highest BCUT2D eigenvalue weighted by Crippen LogP contribution is 2.31. The van der Waals surface area contributed by atoms with E-state index in [1.165, 1.54) is 0 Å². The van der Waals surface area contributed by atoms with Gasteiger partial charge in [0.25, 0.3) is 0 Å². The van der Waals surface area contributed by atoms with Gasteiger partial charge in [0.1, 0.15) is 11.6 Å². The van der Waals surface area contributed by atoms with Crippen LogP contribution in [0.3, 0.4) is 0 Å². The Labute approximate surface area is 113 Å². The molecule has 3 nitrogen and oxygen atoms in total. The van der Waals surface area contributed by atoms with Crippen LogP contribution in [0.4, 0.5) is 11.6 Å². The molecule has 1 rings (SSSR count). The first-order chi connectivity index (χ1) is 7.89. The molecule has 1 aromatic rings. The molecule has 0 bridgehead atoms. The van der Waals surface area contributed by atoms with Gasteiger partial charge < -0.3 is 10.6 Å². The van der Waals surface area contributed by atoms with E-state index in [2.05, 4.69) is 36.4 Å². The van der Waals surface area contributed by atoms with Crippen LogP contribution >= 0.6 is 23.2 Å². The number of hydrogen-bond donors (Lipinski definition) is 2. The summed E-state index contributed by atoms with van der Waals surface area (Å²) >= 11 is 12.2. The fourth-order valence-electron chi connectivity index (χ4n) is 1.25. The van der Waals surface area contributed by atoms with Crippen LogP contribution in [0, 0.1) is 0 Å². The van der Waals surface area contributed by atoms with Crippen molar-refractivity contribution in [3.8, 4) is 0 Å². The van der Waals surface area contributed by atoms with E-state index in [0.29, 0.717) is 21.7 Å². The smallest absolute Gasteiger partial charge is 0.147 e. The van der Waals surface area contributed by atoms with E-state index in [-0.39, 0.29) is 5.54 Å². The zero-order chi connectivity index (χ0) is 13.1. The Hall–Kier alpha value is -0.670. The highest BCUT2D eigenvalue weighted by Gasteiger charge is 2.18. The van der Waals surface area contributed by atoms with Crippen LogP contribution in [0.1, 0.15) is 34.1 Å². The normalized spacial score (nSPS) is 11.4. The van der Waals surface area contributed by atoms with Crippen molar-refractivity contribution >= 4 is 34.8 Å². The van der Waals surface area contributed by atoms with Gasteiger partial charge in [0.05, 0.1) is 10.0 Å². The third kappa shape index (κ3) is 3.93. The molecule has 0 aliphatic heterocycles. The minimum Gasteiger partial charge on any atom is -0.369 e. The summed E-state index contributed by atoms with van der Waals surface area (Å²) in [4.78, 5) is 4.41. The zero-order valence-electron chi connectivity index (χ0n) is 10.7. The molecule has 0 atom stereocenters. The van der Waals surface area contributed by atoms with E-state index in [4.69, 9.17) is 23.2 Å². The second kappa shape index (κ2) is 5.78. The third-order valence-electron chi connectivity index (χ3n) is 2.61. The first-order valence-electron chi connectivity index (χ1n) is 5.77. The van der Waals surface area contributed by atoms with E-state index in [1.807, 2.05) is 6.92 Å². The number of pyridine rings is 1. The maximum Gasteiger partial charge on any atom is 0.147 e. The zero-order valence-corrected chi connectivity index (χ0v) is 12.2. The summed E-state index contributed by atoms with van der Waals surface area (Å²) < 4.78 is 0. The lowest BCUT2D eigenvalue weighted by Gasteiger charge is -2.26. The molecular formula is C12H19Cl2N3. The summed E-state index contributed by atoms with van der Waals surface area (Å²) in [5.74, 6) is 1.33.